The van der Waals surface area contributed by atoms with Crippen LogP contribution < -0.4 is 34.7 Å². The summed E-state index contributed by atoms with van der Waals surface area (Å²) in [4.78, 5) is 11.1. The summed E-state index contributed by atoms with van der Waals surface area (Å²) in [6.45, 7) is 6.09. The van der Waals surface area contributed by atoms with Gasteiger partial charge in [0.05, 0.1) is 0 Å². The van der Waals surface area contributed by atoms with E-state index >= 15 is 0 Å². The molecule has 3 nitrogen and oxygen atoms in total. The van der Waals surface area contributed by atoms with Crippen LogP contribution >= 0.6 is 0 Å². The fourth-order valence-electron chi connectivity index (χ4n) is 2.12. The number of carboxylic acids is 1. The van der Waals surface area contributed by atoms with Gasteiger partial charge in [0.2, 0.25) is 0 Å². The Morgan fingerprint density at radius 3 is 1.40 bits per heavy atom. The van der Waals surface area contributed by atoms with Crippen molar-refractivity contribution in [1.29, 1.82) is 0 Å². The molecule has 0 amide bonds. The smallest absolute Gasteiger partial charge is 0.550 e. The minimum atomic E-state index is -0.849. The van der Waals surface area contributed by atoms with E-state index in [9.17, 15) is 9.90 Å². The minimum absolute atomic E-state index is 0. The van der Waals surface area contributed by atoms with E-state index in [2.05, 4.69) is 0 Å². The number of hydrogen-bond acceptors (Lipinski definition) is 2. The molecule has 2 N–H and O–H groups in total. The number of aliphatic carboxylic acids is 1. The normalized spacial score (nSPS) is 10.1. The topological polar surface area (TPSA) is 71.6 Å². The van der Waals surface area contributed by atoms with Gasteiger partial charge in [0.25, 0.3) is 0 Å². The Hall–Kier alpha value is 0.430. The van der Waals surface area contributed by atoms with E-state index in [0.29, 0.717) is 0 Å². The van der Waals surface area contributed by atoms with Crippen LogP contribution in [0.3, 0.4) is 0 Å². The first-order valence-electron chi connectivity index (χ1n) is 5.34. The van der Waals surface area contributed by atoms with E-state index in [1.54, 1.807) is 0 Å². The summed E-state index contributed by atoms with van der Waals surface area (Å²) in [7, 11) is 0. The van der Waals surface area contributed by atoms with Gasteiger partial charge in [-0.3, -0.25) is 0 Å². The van der Waals surface area contributed by atoms with Crippen LogP contribution in [-0.2, 0) is 4.79 Å². The van der Waals surface area contributed by atoms with E-state index in [1.165, 1.54) is 0 Å². The predicted molar refractivity (Wildman–Crippen MR) is 55.8 cm³/mol. The number of hydrogen-bond donors (Lipinski definition) is 0. The Labute approximate surface area is 115 Å². The Morgan fingerprint density at radius 2 is 1.27 bits per heavy atom. The SMILES string of the molecule is CCCC(CCC)(CCC)C(=O)[O-].O.[Na+]. The first kappa shape index (κ1) is 20.8. The molecule has 15 heavy (non-hydrogen) atoms. The first-order chi connectivity index (χ1) is 6.13. The molecule has 86 valence electrons. The Morgan fingerprint density at radius 1 is 1.00 bits per heavy atom. The third-order valence-electron chi connectivity index (χ3n) is 2.62. The fourth-order valence-corrected chi connectivity index (χ4v) is 2.12. The second-order valence-corrected chi connectivity index (χ2v) is 3.82. The van der Waals surface area contributed by atoms with Crippen LogP contribution in [0.2, 0.25) is 0 Å². The zero-order valence-electron chi connectivity index (χ0n) is 10.6. The standard InChI is InChI=1S/C11H22O2.Na.H2O/c1-4-7-11(8-5-2,9-6-3)10(12)13;;/h4-9H2,1-3H3,(H,12,13);;1H2/q;+1;/p-1. The Kier molecular flexibility index (Phi) is 15.2. The molecule has 0 aliphatic rings. The molecule has 0 fully saturated rings. The summed E-state index contributed by atoms with van der Waals surface area (Å²) in [6, 6.07) is 0. The van der Waals surface area contributed by atoms with E-state index in [1.807, 2.05) is 20.8 Å². The summed E-state index contributed by atoms with van der Waals surface area (Å²) in [6.07, 6.45) is 5.06. The van der Waals surface area contributed by atoms with E-state index in [0.717, 1.165) is 38.5 Å². The van der Waals surface area contributed by atoms with Crippen molar-refractivity contribution in [3.63, 3.8) is 0 Å². The number of carbonyl (C=O) groups excluding carboxylic acids is 1. The van der Waals surface area contributed by atoms with Gasteiger partial charge in [0.1, 0.15) is 0 Å². The average Bonchev–Trinajstić information content (AvgIpc) is 2.05. The average molecular weight is 226 g/mol. The number of carboxylic acid groups (broad SMARTS) is 1. The van der Waals surface area contributed by atoms with Crippen molar-refractivity contribution >= 4 is 5.97 Å². The van der Waals surface area contributed by atoms with E-state index in [-0.39, 0.29) is 35.0 Å². The zero-order valence-corrected chi connectivity index (χ0v) is 12.6. The summed E-state index contributed by atoms with van der Waals surface area (Å²) in [5.41, 5.74) is -0.543. The predicted octanol–water partition coefficient (Wildman–Crippen LogP) is -1.70. The number of carbonyl (C=O) groups is 1. The molecule has 0 rings (SSSR count). The molecule has 0 aromatic rings. The van der Waals surface area contributed by atoms with Gasteiger partial charge >= 0.3 is 29.6 Å². The van der Waals surface area contributed by atoms with Crippen LogP contribution in [0.15, 0.2) is 0 Å². The van der Waals surface area contributed by atoms with Crippen molar-refractivity contribution in [2.24, 2.45) is 5.41 Å². The molecule has 0 radical (unpaired) electrons. The van der Waals surface area contributed by atoms with Crippen LogP contribution in [-0.4, -0.2) is 11.4 Å². The first-order valence-corrected chi connectivity index (χ1v) is 5.34. The van der Waals surface area contributed by atoms with E-state index in [4.69, 9.17) is 0 Å². The van der Waals surface area contributed by atoms with Gasteiger partial charge in [0.15, 0.2) is 0 Å². The van der Waals surface area contributed by atoms with Crippen molar-refractivity contribution in [2.45, 2.75) is 59.3 Å². The summed E-state index contributed by atoms with van der Waals surface area (Å²) < 4.78 is 0. The number of rotatable bonds is 7. The maximum Gasteiger partial charge on any atom is 1.00 e. The van der Waals surface area contributed by atoms with Crippen LogP contribution in [0.1, 0.15) is 59.3 Å². The molecule has 0 aromatic heterocycles. The largest absolute Gasteiger partial charge is 1.00 e. The fraction of sp³-hybridized carbons (Fsp3) is 0.909. The van der Waals surface area contributed by atoms with Gasteiger partial charge in [0, 0.05) is 11.4 Å². The zero-order chi connectivity index (χ0) is 10.3. The van der Waals surface area contributed by atoms with Crippen molar-refractivity contribution in [3.05, 3.63) is 0 Å². The molecule has 0 saturated heterocycles. The molecular formula is C11H23NaO3. The van der Waals surface area contributed by atoms with Gasteiger partial charge in [-0.05, 0) is 19.3 Å². The van der Waals surface area contributed by atoms with Crippen LogP contribution in [0.25, 0.3) is 0 Å². The maximum absolute atomic E-state index is 11.1. The molecule has 0 bridgehead atoms. The molecule has 0 spiro atoms. The van der Waals surface area contributed by atoms with Gasteiger partial charge in [-0.15, -0.1) is 0 Å². The van der Waals surface area contributed by atoms with E-state index < -0.39 is 11.4 Å². The monoisotopic (exact) mass is 226 g/mol. The van der Waals surface area contributed by atoms with Crippen molar-refractivity contribution in [1.82, 2.24) is 0 Å². The van der Waals surface area contributed by atoms with Crippen LogP contribution in [0.5, 0.6) is 0 Å². The quantitative estimate of drug-likeness (QED) is 0.486. The summed E-state index contributed by atoms with van der Waals surface area (Å²) in [5.74, 6) is -0.849. The third-order valence-corrected chi connectivity index (χ3v) is 2.62. The molecule has 0 aliphatic heterocycles. The van der Waals surface area contributed by atoms with Crippen molar-refractivity contribution in [2.75, 3.05) is 0 Å². The Bertz CT molecular complexity index is 143. The minimum Gasteiger partial charge on any atom is -0.550 e. The third kappa shape index (κ3) is 6.56. The molecule has 0 aromatic carbocycles. The second kappa shape index (κ2) is 10.9. The van der Waals surface area contributed by atoms with Crippen LogP contribution in [0, 0.1) is 5.41 Å². The Balaban J connectivity index is -0.000000720. The molecule has 0 unspecified atom stereocenters. The molecule has 0 atom stereocenters. The van der Waals surface area contributed by atoms with Gasteiger partial charge in [-0.1, -0.05) is 40.0 Å². The van der Waals surface area contributed by atoms with Crippen LogP contribution in [0.4, 0.5) is 0 Å². The van der Waals surface area contributed by atoms with Gasteiger partial charge < -0.3 is 15.4 Å². The molecule has 0 aliphatic carbocycles. The van der Waals surface area contributed by atoms with Gasteiger partial charge in [-0.2, -0.15) is 0 Å². The summed E-state index contributed by atoms with van der Waals surface area (Å²) in [5, 5.41) is 11.1. The molecule has 0 heterocycles. The second-order valence-electron chi connectivity index (χ2n) is 3.82. The molecule has 4 heteroatoms. The van der Waals surface area contributed by atoms with Crippen molar-refractivity contribution < 1.29 is 44.9 Å². The molecule has 0 saturated carbocycles. The van der Waals surface area contributed by atoms with Crippen molar-refractivity contribution in [3.8, 4) is 0 Å². The van der Waals surface area contributed by atoms with Gasteiger partial charge in [-0.25, -0.2) is 0 Å². The maximum atomic E-state index is 11.1. The summed E-state index contributed by atoms with van der Waals surface area (Å²) >= 11 is 0. The molecular weight excluding hydrogens is 203 g/mol.